The smallest absolute Gasteiger partial charge is 0.176 e. The van der Waals surface area contributed by atoms with Crippen molar-refractivity contribution in [3.8, 4) is 0 Å². The summed E-state index contributed by atoms with van der Waals surface area (Å²) in [5.74, 6) is -0.889. The number of ketones is 2. The molecule has 20 nitrogen and oxygen atoms in total. The lowest BCUT2D eigenvalue weighted by Crippen LogP contribution is -2.66. The third kappa shape index (κ3) is 11.4. The van der Waals surface area contributed by atoms with Crippen molar-refractivity contribution < 1.29 is 69.4 Å². The fourth-order valence-corrected chi connectivity index (χ4v) is 7.67. The first-order chi connectivity index (χ1) is 25.4. The van der Waals surface area contributed by atoms with Crippen molar-refractivity contribution in [2.24, 2.45) is 46.2 Å². The van der Waals surface area contributed by atoms with E-state index in [4.69, 9.17) is 53.3 Å². The molecule has 0 aromatic heterocycles. The van der Waals surface area contributed by atoms with Gasteiger partial charge < -0.3 is 94.2 Å². The molecule has 4 rings (SSSR count). The zero-order valence-corrected chi connectivity index (χ0v) is 31.1. The van der Waals surface area contributed by atoms with Gasteiger partial charge in [0.1, 0.15) is 72.6 Å². The van der Waals surface area contributed by atoms with E-state index in [-0.39, 0.29) is 50.3 Å². The van der Waals surface area contributed by atoms with Crippen LogP contribution < -0.4 is 34.4 Å². The van der Waals surface area contributed by atoms with Crippen LogP contribution in [0.3, 0.4) is 0 Å². The van der Waals surface area contributed by atoms with Gasteiger partial charge in [0.25, 0.3) is 0 Å². The first-order valence-corrected chi connectivity index (χ1v) is 18.9. The van der Waals surface area contributed by atoms with Crippen LogP contribution in [0.5, 0.6) is 0 Å². The van der Waals surface area contributed by atoms with Crippen molar-refractivity contribution in [3.63, 3.8) is 0 Å². The van der Waals surface area contributed by atoms with Crippen LogP contribution in [0, 0.1) is 11.8 Å². The number of carbonyl (C=O) groups is 2. The highest BCUT2D eigenvalue weighted by Gasteiger charge is 2.50. The van der Waals surface area contributed by atoms with Gasteiger partial charge in [-0.1, -0.05) is 13.8 Å². The average Bonchev–Trinajstić information content (AvgIpc) is 3.13. The minimum Gasteiger partial charge on any atom is -0.390 e. The third-order valence-corrected chi connectivity index (χ3v) is 10.9. The molecule has 54 heavy (non-hydrogen) atoms. The van der Waals surface area contributed by atoms with Crippen molar-refractivity contribution in [1.29, 1.82) is 0 Å². The highest BCUT2D eigenvalue weighted by molar-refractivity contribution is 5.79. The molecule has 0 radical (unpaired) electrons. The number of carbonyl (C=O) groups excluding carboxylic acids is 2. The second-order valence-electron chi connectivity index (χ2n) is 15.1. The molecular weight excluding hydrogens is 716 g/mol. The summed E-state index contributed by atoms with van der Waals surface area (Å²) in [6.07, 6.45) is -13.2. The molecule has 20 N–H and O–H groups in total. The number of hydrogen-bond acceptors (Lipinski definition) is 20. The molecule has 2 aliphatic heterocycles. The molecule has 316 valence electrons. The Morgan fingerprint density at radius 3 is 1.19 bits per heavy atom. The number of ether oxygens (including phenoxy) is 4. The molecule has 20 heteroatoms. The van der Waals surface area contributed by atoms with Gasteiger partial charge >= 0.3 is 0 Å². The van der Waals surface area contributed by atoms with E-state index in [2.05, 4.69) is 0 Å². The van der Waals surface area contributed by atoms with Crippen molar-refractivity contribution in [1.82, 2.24) is 0 Å². The van der Waals surface area contributed by atoms with Gasteiger partial charge in [-0.2, -0.15) is 0 Å². The number of Topliss-reactive ketones (excluding diaryl/α,β-unsaturated/α-hetero) is 2. The van der Waals surface area contributed by atoms with E-state index in [1.54, 1.807) is 0 Å². The van der Waals surface area contributed by atoms with Crippen LogP contribution in [0.2, 0.25) is 0 Å². The summed E-state index contributed by atoms with van der Waals surface area (Å²) in [6, 6.07) is -3.50. The summed E-state index contributed by atoms with van der Waals surface area (Å²) in [5.41, 5.74) is 35.0. The van der Waals surface area contributed by atoms with Gasteiger partial charge in [-0.25, -0.2) is 0 Å². The first kappa shape index (κ1) is 47.0. The Morgan fingerprint density at radius 2 is 0.889 bits per heavy atom. The zero-order chi connectivity index (χ0) is 40.6. The molecule has 0 aromatic rings. The van der Waals surface area contributed by atoms with E-state index in [0.717, 1.165) is 12.8 Å². The highest BCUT2D eigenvalue weighted by atomic mass is 16.7. The monoisotopic (exact) mass is 782 g/mol. The van der Waals surface area contributed by atoms with Crippen molar-refractivity contribution >= 4 is 11.6 Å². The highest BCUT2D eigenvalue weighted by Crippen LogP contribution is 2.34. The lowest BCUT2D eigenvalue weighted by Gasteiger charge is -2.46. The van der Waals surface area contributed by atoms with Crippen molar-refractivity contribution in [3.05, 3.63) is 0 Å². The Kier molecular flexibility index (Phi) is 18.6. The molecule has 2 saturated carbocycles. The SMILES string of the molecule is CCCC(=O)CC1CC(N)C(OC2OC(CN)C(O)C(O)C2N)C(O)C1O.CCCC(=O)CC1CC(N)C(OC2OC(CN)C(O)C(O)C2N)C(O)C1O. The molecule has 0 bridgehead atoms. The van der Waals surface area contributed by atoms with Crippen LogP contribution in [0.15, 0.2) is 0 Å². The Labute approximate surface area is 315 Å². The maximum Gasteiger partial charge on any atom is 0.176 e. The summed E-state index contributed by atoms with van der Waals surface area (Å²) in [6.45, 7) is 3.67. The lowest BCUT2D eigenvalue weighted by atomic mass is 9.77. The first-order valence-electron chi connectivity index (χ1n) is 18.9. The predicted molar refractivity (Wildman–Crippen MR) is 190 cm³/mol. The minimum atomic E-state index is -1.34. The van der Waals surface area contributed by atoms with Gasteiger partial charge in [0.05, 0.1) is 24.3 Å². The second kappa shape index (κ2) is 21.4. The van der Waals surface area contributed by atoms with E-state index in [1.807, 2.05) is 13.8 Å². The molecule has 20 unspecified atom stereocenters. The van der Waals surface area contributed by atoms with Gasteiger partial charge in [0.15, 0.2) is 12.6 Å². The van der Waals surface area contributed by atoms with E-state index in [0.29, 0.717) is 12.8 Å². The van der Waals surface area contributed by atoms with E-state index in [9.17, 15) is 50.4 Å². The molecular formula is C34H66N6O14. The molecule has 4 aliphatic rings. The van der Waals surface area contributed by atoms with Crippen LogP contribution in [0.25, 0.3) is 0 Å². The van der Waals surface area contributed by atoms with Crippen molar-refractivity contribution in [2.75, 3.05) is 13.1 Å². The fraction of sp³-hybridized carbons (Fsp3) is 0.941. The summed E-state index contributed by atoms with van der Waals surface area (Å²) < 4.78 is 22.4. The number of nitrogens with two attached hydrogens (primary N) is 6. The Balaban J connectivity index is 0.000000290. The normalized spacial score (nSPS) is 45.6. The van der Waals surface area contributed by atoms with Crippen molar-refractivity contribution in [2.45, 2.75) is 175 Å². The van der Waals surface area contributed by atoms with Crippen LogP contribution in [-0.2, 0) is 28.5 Å². The minimum absolute atomic E-state index is 0.0147. The molecule has 20 atom stereocenters. The van der Waals surface area contributed by atoms with Gasteiger partial charge in [-0.15, -0.1) is 0 Å². The standard InChI is InChI=1S/2C17H33N3O7/c2*1-2-3-8(21)4-7-5-9(19)16(15(25)12(7)22)27-17-11(20)14(24)13(23)10(6-18)26-17/h2*7,9-17,22-25H,2-6,18-20H2,1H3. The molecule has 2 saturated heterocycles. The zero-order valence-electron chi connectivity index (χ0n) is 31.1. The van der Waals surface area contributed by atoms with Crippen LogP contribution in [-0.4, -0.2) is 176 Å². The fourth-order valence-electron chi connectivity index (χ4n) is 7.67. The van der Waals surface area contributed by atoms with E-state index < -0.39 is 122 Å². The van der Waals surface area contributed by atoms with Crippen LogP contribution >= 0.6 is 0 Å². The maximum atomic E-state index is 11.9. The second-order valence-corrected chi connectivity index (χ2v) is 15.1. The van der Waals surface area contributed by atoms with Gasteiger partial charge in [-0.05, 0) is 37.5 Å². The number of rotatable bonds is 14. The topological polar surface area (TPSA) is 389 Å². The third-order valence-electron chi connectivity index (χ3n) is 10.9. The molecule has 0 amide bonds. The molecule has 0 spiro atoms. The molecule has 2 aliphatic carbocycles. The largest absolute Gasteiger partial charge is 0.390 e. The lowest BCUT2D eigenvalue weighted by molar-refractivity contribution is -0.289. The van der Waals surface area contributed by atoms with Gasteiger partial charge in [-0.3, -0.25) is 9.59 Å². The summed E-state index contributed by atoms with van der Waals surface area (Å²) in [7, 11) is 0. The Hall–Kier alpha value is -1.38. The summed E-state index contributed by atoms with van der Waals surface area (Å²) in [4.78, 5) is 23.8. The van der Waals surface area contributed by atoms with E-state index in [1.165, 1.54) is 0 Å². The molecule has 2 heterocycles. The predicted octanol–water partition coefficient (Wildman–Crippen LogP) is -6.13. The summed E-state index contributed by atoms with van der Waals surface area (Å²) in [5, 5.41) is 81.7. The quantitative estimate of drug-likeness (QED) is 0.0779. The number of aliphatic hydroxyl groups excluding tert-OH is 8. The molecule has 4 fully saturated rings. The summed E-state index contributed by atoms with van der Waals surface area (Å²) >= 11 is 0. The van der Waals surface area contributed by atoms with Gasteiger partial charge in [0.2, 0.25) is 0 Å². The number of hydrogen-bond donors (Lipinski definition) is 14. The number of aliphatic hydroxyl groups is 8. The maximum absolute atomic E-state index is 11.9. The van der Waals surface area contributed by atoms with Gasteiger partial charge in [0, 0.05) is 50.9 Å². The van der Waals surface area contributed by atoms with Crippen LogP contribution in [0.4, 0.5) is 0 Å². The molecule has 0 aromatic carbocycles. The Bertz CT molecular complexity index is 1080. The average molecular weight is 783 g/mol. The van der Waals surface area contributed by atoms with E-state index >= 15 is 0 Å². The van der Waals surface area contributed by atoms with Crippen LogP contribution in [0.1, 0.15) is 65.2 Å². The Morgan fingerprint density at radius 1 is 0.556 bits per heavy atom.